The van der Waals surface area contributed by atoms with E-state index in [-0.39, 0.29) is 34.1 Å². The first-order valence-corrected chi connectivity index (χ1v) is 10.1. The molecule has 2 aromatic heterocycles. The van der Waals surface area contributed by atoms with Crippen molar-refractivity contribution in [2.75, 3.05) is 0 Å². The van der Waals surface area contributed by atoms with E-state index >= 15 is 0 Å². The van der Waals surface area contributed by atoms with Crippen molar-refractivity contribution in [2.45, 2.75) is 52.9 Å². The first-order valence-electron chi connectivity index (χ1n) is 10.1. The molecular formula is C22H36Cu2N4O8. The smallest absolute Gasteiger partial charge is 0.148 e. The molecule has 4 aromatic rings. The van der Waals surface area contributed by atoms with Crippen LogP contribution in [-0.2, 0) is 34.1 Å². The largest absolute Gasteiger partial charge is 0.368 e. The number of hydrogen-bond acceptors (Lipinski definition) is 10. The number of aliphatic hydroxyl groups excluding tert-OH is 4. The van der Waals surface area contributed by atoms with Crippen molar-refractivity contribution in [2.24, 2.45) is 0 Å². The predicted octanol–water partition coefficient (Wildman–Crippen LogP) is 0.389. The van der Waals surface area contributed by atoms with Crippen molar-refractivity contribution >= 4 is 22.1 Å². The molecule has 14 heteroatoms. The molecule has 0 aliphatic heterocycles. The second-order valence-corrected chi connectivity index (χ2v) is 6.37. The maximum atomic E-state index is 7.61. The van der Waals surface area contributed by atoms with Gasteiger partial charge < -0.3 is 50.8 Å². The van der Waals surface area contributed by atoms with Crippen LogP contribution in [0.2, 0.25) is 0 Å². The molecule has 10 N–H and O–H groups in total. The number of H-pyrrole nitrogens is 2. The Labute approximate surface area is 230 Å². The molecule has 12 nitrogen and oxygen atoms in total. The average molecular weight is 612 g/mol. The zero-order chi connectivity index (χ0) is 26.5. The van der Waals surface area contributed by atoms with E-state index in [1.54, 1.807) is 12.7 Å². The van der Waals surface area contributed by atoms with E-state index < -0.39 is 25.2 Å². The van der Waals surface area contributed by atoms with Crippen molar-refractivity contribution in [3.05, 3.63) is 61.2 Å². The van der Waals surface area contributed by atoms with Crippen LogP contribution >= 0.6 is 0 Å². The van der Waals surface area contributed by atoms with Crippen molar-refractivity contribution in [3.63, 3.8) is 0 Å². The minimum Gasteiger partial charge on any atom is -0.368 e. The summed E-state index contributed by atoms with van der Waals surface area (Å²) < 4.78 is 0. The molecule has 2 aromatic carbocycles. The number of aromatic amines is 2. The van der Waals surface area contributed by atoms with Crippen molar-refractivity contribution in [3.8, 4) is 0 Å². The maximum Gasteiger partial charge on any atom is 0.148 e. The monoisotopic (exact) mass is 610 g/mol. The summed E-state index contributed by atoms with van der Waals surface area (Å²) in [6, 6.07) is 15.9. The maximum absolute atomic E-state index is 7.61. The molecular weight excluding hydrogens is 575 g/mol. The molecule has 0 amide bonds. The molecule has 0 saturated carbocycles. The van der Waals surface area contributed by atoms with E-state index in [4.69, 9.17) is 40.9 Å². The SMILES string of the molecule is CC(O)O.CC(O)O.CC(O)O.CC(O)O.[Cu].[Cu].c1ccc2[nH]cnc2c1.c1ccc2[nH]cnc2c1. The number of aromatic nitrogens is 4. The molecule has 0 spiro atoms. The Hall–Kier alpha value is -1.90. The van der Waals surface area contributed by atoms with Crippen LogP contribution in [0.1, 0.15) is 27.7 Å². The summed E-state index contributed by atoms with van der Waals surface area (Å²) in [6.45, 7) is 5.11. The van der Waals surface area contributed by atoms with E-state index in [1.807, 2.05) is 48.5 Å². The third-order valence-electron chi connectivity index (χ3n) is 2.66. The van der Waals surface area contributed by atoms with Crippen molar-refractivity contribution in [1.82, 2.24) is 19.9 Å². The van der Waals surface area contributed by atoms with Crippen LogP contribution in [0.5, 0.6) is 0 Å². The van der Waals surface area contributed by atoms with E-state index in [1.165, 1.54) is 27.7 Å². The zero-order valence-electron chi connectivity index (χ0n) is 20.2. The van der Waals surface area contributed by atoms with Gasteiger partial charge in [0.1, 0.15) is 25.2 Å². The number of benzene rings is 2. The summed E-state index contributed by atoms with van der Waals surface area (Å²) in [5.74, 6) is 0. The molecule has 214 valence electrons. The van der Waals surface area contributed by atoms with Gasteiger partial charge in [-0.25, -0.2) is 9.97 Å². The molecule has 0 aliphatic carbocycles. The Morgan fingerprint density at radius 1 is 0.500 bits per heavy atom. The quantitative estimate of drug-likeness (QED) is 0.0974. The van der Waals surface area contributed by atoms with Gasteiger partial charge in [0.2, 0.25) is 0 Å². The third-order valence-corrected chi connectivity index (χ3v) is 2.66. The molecule has 0 unspecified atom stereocenters. The minimum absolute atomic E-state index is 0. The number of rotatable bonds is 0. The van der Waals surface area contributed by atoms with Crippen LogP contribution in [0.3, 0.4) is 0 Å². The number of nitrogens with one attached hydrogen (secondary N) is 2. The second kappa shape index (κ2) is 26.2. The molecule has 0 fully saturated rings. The van der Waals surface area contributed by atoms with E-state index in [2.05, 4.69) is 19.9 Å². The average Bonchev–Trinajstić information content (AvgIpc) is 3.36. The zero-order valence-corrected chi connectivity index (χ0v) is 22.0. The number of hydrogen-bond donors (Lipinski definition) is 10. The number of para-hydroxylation sites is 4. The molecule has 36 heavy (non-hydrogen) atoms. The summed E-state index contributed by atoms with van der Waals surface area (Å²) in [4.78, 5) is 14.1. The van der Waals surface area contributed by atoms with Gasteiger partial charge in [0, 0.05) is 34.1 Å². The molecule has 4 rings (SSSR count). The molecule has 0 saturated heterocycles. The Balaban J connectivity index is -0.000000179. The Kier molecular flexibility index (Phi) is 30.0. The third kappa shape index (κ3) is 30.1. The summed E-state index contributed by atoms with van der Waals surface area (Å²) >= 11 is 0. The summed E-state index contributed by atoms with van der Waals surface area (Å²) in [6.07, 6.45) is -1.27. The second-order valence-electron chi connectivity index (χ2n) is 6.37. The van der Waals surface area contributed by atoms with Gasteiger partial charge in [-0.2, -0.15) is 0 Å². The Bertz CT molecular complexity index is 808. The summed E-state index contributed by atoms with van der Waals surface area (Å²) in [5, 5.41) is 60.9. The number of aliphatic hydroxyl groups is 8. The molecule has 0 bridgehead atoms. The first kappa shape index (κ1) is 41.2. The van der Waals surface area contributed by atoms with Crippen LogP contribution in [0.4, 0.5) is 0 Å². The fraction of sp³-hybridized carbons (Fsp3) is 0.364. The van der Waals surface area contributed by atoms with E-state index in [0.717, 1.165) is 22.1 Å². The summed E-state index contributed by atoms with van der Waals surface area (Å²) in [7, 11) is 0. The van der Waals surface area contributed by atoms with Crippen LogP contribution in [0.15, 0.2) is 61.2 Å². The summed E-state index contributed by atoms with van der Waals surface area (Å²) in [5.41, 5.74) is 4.24. The molecule has 2 heterocycles. The molecule has 0 aliphatic rings. The molecule has 2 radical (unpaired) electrons. The predicted molar refractivity (Wildman–Crippen MR) is 128 cm³/mol. The minimum atomic E-state index is -1.17. The molecule has 0 atom stereocenters. The number of imidazole rings is 2. The van der Waals surface area contributed by atoms with Gasteiger partial charge in [0.15, 0.2) is 0 Å². The van der Waals surface area contributed by atoms with Gasteiger partial charge >= 0.3 is 0 Å². The first-order chi connectivity index (χ1) is 15.9. The Morgan fingerprint density at radius 3 is 0.944 bits per heavy atom. The van der Waals surface area contributed by atoms with Crippen LogP contribution in [-0.4, -0.2) is 85.9 Å². The normalized spacial score (nSPS) is 9.11. The van der Waals surface area contributed by atoms with Crippen LogP contribution in [0.25, 0.3) is 22.1 Å². The number of fused-ring (bicyclic) bond motifs is 2. The van der Waals surface area contributed by atoms with Gasteiger partial charge in [-0.3, -0.25) is 0 Å². The van der Waals surface area contributed by atoms with Gasteiger partial charge in [0.05, 0.1) is 34.7 Å². The fourth-order valence-corrected chi connectivity index (χ4v) is 1.76. The van der Waals surface area contributed by atoms with Crippen LogP contribution < -0.4 is 0 Å². The van der Waals surface area contributed by atoms with E-state index in [9.17, 15) is 0 Å². The van der Waals surface area contributed by atoms with Gasteiger partial charge in [0.25, 0.3) is 0 Å². The van der Waals surface area contributed by atoms with Gasteiger partial charge in [-0.05, 0) is 52.0 Å². The number of nitrogens with zero attached hydrogens (tertiary/aromatic N) is 2. The van der Waals surface area contributed by atoms with E-state index in [0.29, 0.717) is 0 Å². The van der Waals surface area contributed by atoms with Crippen molar-refractivity contribution < 1.29 is 75.0 Å². The van der Waals surface area contributed by atoms with Crippen LogP contribution in [0, 0.1) is 0 Å². The Morgan fingerprint density at radius 2 is 0.722 bits per heavy atom. The standard InChI is InChI=1S/2C7H6N2.4C2H6O2.2Cu/c2*1-2-4-7-6(3-1)8-5-9-7;4*1-2(3)4;;/h2*1-5H,(H,8,9);4*2-4H,1H3;;. The van der Waals surface area contributed by atoms with Gasteiger partial charge in [-0.1, -0.05) is 24.3 Å². The van der Waals surface area contributed by atoms with Gasteiger partial charge in [-0.15, -0.1) is 0 Å². The fourth-order valence-electron chi connectivity index (χ4n) is 1.76. The van der Waals surface area contributed by atoms with Crippen molar-refractivity contribution in [1.29, 1.82) is 0 Å². The topological polar surface area (TPSA) is 219 Å².